The molecule has 1 aromatic heterocycles. The fourth-order valence-corrected chi connectivity index (χ4v) is 4.58. The number of fused-ring (bicyclic) bond motifs is 1. The number of hydrogen-bond acceptors (Lipinski definition) is 3. The van der Waals surface area contributed by atoms with Crippen molar-refractivity contribution < 1.29 is 4.79 Å². The van der Waals surface area contributed by atoms with E-state index in [0.29, 0.717) is 18.2 Å². The average molecular weight is 389 g/mol. The zero-order chi connectivity index (χ0) is 18.4. The van der Waals surface area contributed by atoms with Gasteiger partial charge in [0.2, 0.25) is 0 Å². The number of rotatable bonds is 3. The smallest absolute Gasteiger partial charge is 0.274 e. The standard InChI is InChI=1S/C21H28N4O.ClH/c1-13-7-8-18(14(2)9-13)25-19-6-4-5-17(19)20(23-25)21(26)24-12-16(11-22)10-15(24)3;/h7-9,15-16H,4-6,10-12,22H2,1-3H3;1H. The predicted molar refractivity (Wildman–Crippen MR) is 110 cm³/mol. The molecular formula is C21H29ClN4O. The van der Waals surface area contributed by atoms with Crippen molar-refractivity contribution in [1.29, 1.82) is 0 Å². The number of amides is 1. The lowest BCUT2D eigenvalue weighted by atomic mass is 10.1. The van der Waals surface area contributed by atoms with E-state index in [-0.39, 0.29) is 24.4 Å². The second-order valence-electron chi connectivity index (χ2n) is 7.97. The third-order valence-corrected chi connectivity index (χ3v) is 5.97. The SMILES string of the molecule is Cc1ccc(-n2nc(C(=O)N3CC(CN)CC3C)c3c2CCC3)c(C)c1.Cl. The van der Waals surface area contributed by atoms with Crippen molar-refractivity contribution >= 4 is 18.3 Å². The summed E-state index contributed by atoms with van der Waals surface area (Å²) >= 11 is 0. The molecule has 0 saturated carbocycles. The van der Waals surface area contributed by atoms with E-state index in [2.05, 4.69) is 39.0 Å². The Morgan fingerprint density at radius 2 is 2.07 bits per heavy atom. The molecule has 2 unspecified atom stereocenters. The van der Waals surface area contributed by atoms with Crippen LogP contribution in [0.25, 0.3) is 5.69 Å². The lowest BCUT2D eigenvalue weighted by molar-refractivity contribution is 0.0736. The van der Waals surface area contributed by atoms with Gasteiger partial charge in [-0.2, -0.15) is 5.10 Å². The first kappa shape index (κ1) is 19.9. The van der Waals surface area contributed by atoms with Crippen molar-refractivity contribution in [3.8, 4) is 5.69 Å². The van der Waals surface area contributed by atoms with Crippen molar-refractivity contribution in [2.45, 2.75) is 52.5 Å². The maximum atomic E-state index is 13.3. The number of carbonyl (C=O) groups excluding carboxylic acids is 1. The topological polar surface area (TPSA) is 64.2 Å². The number of aromatic nitrogens is 2. The minimum absolute atomic E-state index is 0. The van der Waals surface area contributed by atoms with E-state index in [1.807, 2.05) is 9.58 Å². The molecule has 1 fully saturated rings. The summed E-state index contributed by atoms with van der Waals surface area (Å²) in [7, 11) is 0. The predicted octanol–water partition coefficient (Wildman–Crippen LogP) is 3.21. The van der Waals surface area contributed by atoms with E-state index in [0.717, 1.165) is 43.5 Å². The van der Waals surface area contributed by atoms with Crippen LogP contribution in [0, 0.1) is 19.8 Å². The first-order valence-corrected chi connectivity index (χ1v) is 9.69. The zero-order valence-corrected chi connectivity index (χ0v) is 17.2. The van der Waals surface area contributed by atoms with Crippen LogP contribution in [0.1, 0.15) is 52.6 Å². The highest BCUT2D eigenvalue weighted by Crippen LogP contribution is 2.32. The van der Waals surface area contributed by atoms with Crippen LogP contribution >= 0.6 is 12.4 Å². The normalized spacial score (nSPS) is 21.3. The molecule has 2 heterocycles. The van der Waals surface area contributed by atoms with Crippen LogP contribution in [-0.4, -0.2) is 39.7 Å². The van der Waals surface area contributed by atoms with E-state index in [4.69, 9.17) is 10.8 Å². The van der Waals surface area contributed by atoms with Gasteiger partial charge in [-0.15, -0.1) is 12.4 Å². The minimum atomic E-state index is 0. The third-order valence-electron chi connectivity index (χ3n) is 5.97. The van der Waals surface area contributed by atoms with E-state index < -0.39 is 0 Å². The third kappa shape index (κ3) is 3.39. The molecule has 0 spiro atoms. The fourth-order valence-electron chi connectivity index (χ4n) is 4.58. The molecular weight excluding hydrogens is 360 g/mol. The Hall–Kier alpha value is -1.85. The van der Waals surface area contributed by atoms with Gasteiger partial charge in [0.25, 0.3) is 5.91 Å². The van der Waals surface area contributed by atoms with Gasteiger partial charge >= 0.3 is 0 Å². The van der Waals surface area contributed by atoms with Gasteiger partial charge in [0, 0.05) is 23.8 Å². The highest BCUT2D eigenvalue weighted by molar-refractivity contribution is 5.94. The summed E-state index contributed by atoms with van der Waals surface area (Å²) in [6.07, 6.45) is 4.02. The summed E-state index contributed by atoms with van der Waals surface area (Å²) < 4.78 is 2.02. The molecule has 1 aliphatic carbocycles. The number of halogens is 1. The second kappa shape index (κ2) is 7.64. The van der Waals surface area contributed by atoms with E-state index in [9.17, 15) is 4.79 Å². The minimum Gasteiger partial charge on any atom is -0.334 e. The molecule has 146 valence electrons. The van der Waals surface area contributed by atoms with E-state index in [1.165, 1.54) is 16.8 Å². The Morgan fingerprint density at radius 1 is 1.30 bits per heavy atom. The molecule has 5 nitrogen and oxygen atoms in total. The Kier molecular flexibility index (Phi) is 5.63. The average Bonchev–Trinajstić information content (AvgIpc) is 3.29. The van der Waals surface area contributed by atoms with E-state index >= 15 is 0 Å². The van der Waals surface area contributed by atoms with Gasteiger partial charge in [-0.1, -0.05) is 17.7 Å². The Morgan fingerprint density at radius 3 is 2.74 bits per heavy atom. The Labute approximate surface area is 167 Å². The van der Waals surface area contributed by atoms with Crippen LogP contribution in [0.5, 0.6) is 0 Å². The molecule has 1 saturated heterocycles. The number of aryl methyl sites for hydroxylation is 2. The molecule has 1 aliphatic heterocycles. The first-order chi connectivity index (χ1) is 12.5. The summed E-state index contributed by atoms with van der Waals surface area (Å²) in [5, 5.41) is 4.82. The molecule has 0 bridgehead atoms. The lowest BCUT2D eigenvalue weighted by Gasteiger charge is -2.20. The van der Waals surface area contributed by atoms with Crippen LogP contribution in [-0.2, 0) is 12.8 Å². The zero-order valence-electron chi connectivity index (χ0n) is 16.4. The van der Waals surface area contributed by atoms with Crippen LogP contribution in [0.4, 0.5) is 0 Å². The molecule has 0 radical (unpaired) electrons. The van der Waals surface area contributed by atoms with Crippen LogP contribution in [0.15, 0.2) is 18.2 Å². The molecule has 27 heavy (non-hydrogen) atoms. The quantitative estimate of drug-likeness (QED) is 0.878. The monoisotopic (exact) mass is 388 g/mol. The molecule has 2 atom stereocenters. The summed E-state index contributed by atoms with van der Waals surface area (Å²) in [4.78, 5) is 15.2. The van der Waals surface area contributed by atoms with Crippen molar-refractivity contribution in [2.75, 3.05) is 13.1 Å². The molecule has 2 aliphatic rings. The van der Waals surface area contributed by atoms with Gasteiger partial charge in [-0.25, -0.2) is 4.68 Å². The largest absolute Gasteiger partial charge is 0.334 e. The lowest BCUT2D eigenvalue weighted by Crippen LogP contribution is -2.35. The van der Waals surface area contributed by atoms with Gasteiger partial charge in [0.1, 0.15) is 0 Å². The van der Waals surface area contributed by atoms with Gasteiger partial charge in [-0.3, -0.25) is 4.79 Å². The Bertz CT molecular complexity index is 860. The maximum Gasteiger partial charge on any atom is 0.274 e. The van der Waals surface area contributed by atoms with Crippen molar-refractivity contribution in [3.63, 3.8) is 0 Å². The first-order valence-electron chi connectivity index (χ1n) is 9.69. The second-order valence-corrected chi connectivity index (χ2v) is 7.97. The van der Waals surface area contributed by atoms with Gasteiger partial charge in [0.15, 0.2) is 5.69 Å². The van der Waals surface area contributed by atoms with E-state index in [1.54, 1.807) is 0 Å². The molecule has 2 aromatic rings. The summed E-state index contributed by atoms with van der Waals surface area (Å²) in [6.45, 7) is 7.73. The van der Waals surface area contributed by atoms with Crippen molar-refractivity contribution in [1.82, 2.24) is 14.7 Å². The number of nitrogens with zero attached hydrogens (tertiary/aromatic N) is 3. The van der Waals surface area contributed by atoms with Crippen molar-refractivity contribution in [3.05, 3.63) is 46.3 Å². The number of carbonyl (C=O) groups is 1. The number of nitrogens with two attached hydrogens (primary N) is 1. The summed E-state index contributed by atoms with van der Waals surface area (Å²) in [5.74, 6) is 0.485. The summed E-state index contributed by atoms with van der Waals surface area (Å²) in [6, 6.07) is 6.64. The van der Waals surface area contributed by atoms with Gasteiger partial charge < -0.3 is 10.6 Å². The molecule has 1 amide bonds. The molecule has 4 rings (SSSR count). The van der Waals surface area contributed by atoms with Crippen LogP contribution in [0.2, 0.25) is 0 Å². The maximum absolute atomic E-state index is 13.3. The van der Waals surface area contributed by atoms with Crippen molar-refractivity contribution in [2.24, 2.45) is 11.7 Å². The molecule has 1 aromatic carbocycles. The van der Waals surface area contributed by atoms with Gasteiger partial charge in [-0.05, 0) is 70.5 Å². The number of benzene rings is 1. The fraction of sp³-hybridized carbons (Fsp3) is 0.524. The Balaban J connectivity index is 0.00000210. The van der Waals surface area contributed by atoms with Crippen LogP contribution < -0.4 is 5.73 Å². The summed E-state index contributed by atoms with van der Waals surface area (Å²) in [5.41, 5.74) is 12.4. The van der Waals surface area contributed by atoms with Crippen LogP contribution in [0.3, 0.4) is 0 Å². The highest BCUT2D eigenvalue weighted by Gasteiger charge is 2.36. The molecule has 6 heteroatoms. The highest BCUT2D eigenvalue weighted by atomic mass is 35.5. The number of likely N-dealkylation sites (tertiary alicyclic amines) is 1. The number of hydrogen-bond donors (Lipinski definition) is 1. The molecule has 2 N–H and O–H groups in total. The van der Waals surface area contributed by atoms with Gasteiger partial charge in [0.05, 0.1) is 5.69 Å².